The highest BCUT2D eigenvalue weighted by Crippen LogP contribution is 2.23. The molecule has 0 aliphatic heterocycles. The smallest absolute Gasteiger partial charge is 0.163 e. The van der Waals surface area contributed by atoms with Crippen molar-refractivity contribution in [3.05, 3.63) is 51.3 Å². The van der Waals surface area contributed by atoms with Crippen molar-refractivity contribution in [2.24, 2.45) is 7.05 Å². The van der Waals surface area contributed by atoms with Crippen LogP contribution >= 0.6 is 15.9 Å². The first-order valence-electron chi connectivity index (χ1n) is 6.25. The van der Waals surface area contributed by atoms with Crippen molar-refractivity contribution < 1.29 is 4.79 Å². The first-order chi connectivity index (χ1) is 8.97. The third-order valence-corrected chi connectivity index (χ3v) is 4.41. The van der Waals surface area contributed by atoms with Gasteiger partial charge in [-0.2, -0.15) is 5.10 Å². The van der Waals surface area contributed by atoms with Crippen molar-refractivity contribution in [2.75, 3.05) is 0 Å². The molecule has 4 heteroatoms. The van der Waals surface area contributed by atoms with Crippen LogP contribution in [-0.2, 0) is 13.5 Å². The van der Waals surface area contributed by atoms with Crippen LogP contribution in [0.25, 0.3) is 0 Å². The number of carbonyl (C=O) groups excluding carboxylic acids is 1. The van der Waals surface area contributed by atoms with Gasteiger partial charge in [0.2, 0.25) is 0 Å². The maximum atomic E-state index is 12.2. The number of rotatable bonds is 4. The average Bonchev–Trinajstić information content (AvgIpc) is 2.78. The van der Waals surface area contributed by atoms with Gasteiger partial charge in [0, 0.05) is 29.7 Å². The Labute approximate surface area is 121 Å². The van der Waals surface area contributed by atoms with E-state index in [1.165, 1.54) is 0 Å². The summed E-state index contributed by atoms with van der Waals surface area (Å²) in [7, 11) is 1.88. The molecule has 0 spiro atoms. The zero-order valence-corrected chi connectivity index (χ0v) is 13.0. The number of aryl methyl sites for hydroxylation is 4. The maximum absolute atomic E-state index is 12.2. The summed E-state index contributed by atoms with van der Waals surface area (Å²) in [5, 5.41) is 4.11. The molecule has 3 nitrogen and oxygen atoms in total. The minimum absolute atomic E-state index is 0.183. The van der Waals surface area contributed by atoms with E-state index in [0.29, 0.717) is 6.42 Å². The highest BCUT2D eigenvalue weighted by Gasteiger charge is 2.10. The Morgan fingerprint density at radius 3 is 2.47 bits per heavy atom. The molecule has 0 aliphatic carbocycles. The predicted molar refractivity (Wildman–Crippen MR) is 79.5 cm³/mol. The number of nitrogens with zero attached hydrogens (tertiary/aromatic N) is 2. The Bertz CT molecular complexity index is 593. The molecule has 0 saturated heterocycles. The predicted octanol–water partition coefficient (Wildman–Crippen LogP) is 3.61. The minimum Gasteiger partial charge on any atom is -0.294 e. The van der Waals surface area contributed by atoms with Gasteiger partial charge < -0.3 is 0 Å². The molecule has 19 heavy (non-hydrogen) atoms. The Morgan fingerprint density at radius 1 is 1.32 bits per heavy atom. The number of Topliss-reactive ketones (excluding diaryl/α,β-unsaturated/α-hetero) is 1. The van der Waals surface area contributed by atoms with Crippen LogP contribution in [0.4, 0.5) is 0 Å². The molecule has 0 N–H and O–H groups in total. The van der Waals surface area contributed by atoms with Gasteiger partial charge in [0.25, 0.3) is 0 Å². The number of hydrogen-bond acceptors (Lipinski definition) is 2. The molecule has 0 unspecified atom stereocenters. The summed E-state index contributed by atoms with van der Waals surface area (Å²) >= 11 is 3.52. The van der Waals surface area contributed by atoms with Crippen LogP contribution in [0.1, 0.15) is 33.5 Å². The number of aromatic nitrogens is 2. The highest BCUT2D eigenvalue weighted by atomic mass is 79.9. The third kappa shape index (κ3) is 3.32. The number of ketones is 1. The summed E-state index contributed by atoms with van der Waals surface area (Å²) in [6, 6.07) is 3.89. The minimum atomic E-state index is 0.183. The molecule has 0 amide bonds. The summed E-state index contributed by atoms with van der Waals surface area (Å²) in [4.78, 5) is 12.2. The lowest BCUT2D eigenvalue weighted by molar-refractivity contribution is 0.0982. The molecular weight excluding hydrogens is 304 g/mol. The normalized spacial score (nSPS) is 10.7. The van der Waals surface area contributed by atoms with Crippen LogP contribution in [0.5, 0.6) is 0 Å². The fourth-order valence-corrected chi connectivity index (χ4v) is 2.34. The van der Waals surface area contributed by atoms with Crippen molar-refractivity contribution in [2.45, 2.75) is 26.7 Å². The van der Waals surface area contributed by atoms with Crippen molar-refractivity contribution in [3.8, 4) is 0 Å². The fourth-order valence-electron chi connectivity index (χ4n) is 2.11. The molecule has 0 atom stereocenters. The van der Waals surface area contributed by atoms with E-state index in [9.17, 15) is 4.79 Å². The van der Waals surface area contributed by atoms with E-state index in [1.54, 1.807) is 4.68 Å². The molecule has 0 fully saturated rings. The van der Waals surface area contributed by atoms with E-state index < -0.39 is 0 Å². The quantitative estimate of drug-likeness (QED) is 0.806. The van der Waals surface area contributed by atoms with Gasteiger partial charge in [0.05, 0.1) is 6.20 Å². The molecule has 2 aromatic rings. The van der Waals surface area contributed by atoms with Gasteiger partial charge >= 0.3 is 0 Å². The second-order valence-corrected chi connectivity index (χ2v) is 5.66. The largest absolute Gasteiger partial charge is 0.294 e. The lowest BCUT2D eigenvalue weighted by atomic mass is 10.0. The summed E-state index contributed by atoms with van der Waals surface area (Å²) in [6.07, 6.45) is 5.02. The first-order valence-corrected chi connectivity index (χ1v) is 7.04. The van der Waals surface area contributed by atoms with Crippen LogP contribution < -0.4 is 0 Å². The first kappa shape index (κ1) is 14.0. The second kappa shape index (κ2) is 5.70. The van der Waals surface area contributed by atoms with E-state index in [4.69, 9.17) is 0 Å². The Hall–Kier alpha value is -1.42. The molecule has 1 aromatic carbocycles. The molecule has 0 bridgehead atoms. The SMILES string of the molecule is Cc1cc(C(=O)CCc2cnn(C)c2)cc(C)c1Br. The lowest BCUT2D eigenvalue weighted by Gasteiger charge is -2.07. The van der Waals surface area contributed by atoms with Crippen molar-refractivity contribution in [3.63, 3.8) is 0 Å². The van der Waals surface area contributed by atoms with E-state index in [1.807, 2.05) is 45.4 Å². The number of benzene rings is 1. The van der Waals surface area contributed by atoms with Crippen LogP contribution in [0.3, 0.4) is 0 Å². The van der Waals surface area contributed by atoms with Crippen molar-refractivity contribution >= 4 is 21.7 Å². The van der Waals surface area contributed by atoms with Gasteiger partial charge in [-0.3, -0.25) is 9.48 Å². The van der Waals surface area contributed by atoms with E-state index in [0.717, 1.165) is 33.1 Å². The zero-order valence-electron chi connectivity index (χ0n) is 11.4. The van der Waals surface area contributed by atoms with Gasteiger partial charge in [-0.1, -0.05) is 15.9 Å². The van der Waals surface area contributed by atoms with Crippen LogP contribution in [0, 0.1) is 13.8 Å². The topological polar surface area (TPSA) is 34.9 Å². The number of carbonyl (C=O) groups is 1. The molecule has 0 aliphatic rings. The number of halogens is 1. The molecule has 1 aromatic heterocycles. The van der Waals surface area contributed by atoms with E-state index in [-0.39, 0.29) is 5.78 Å². The third-order valence-electron chi connectivity index (χ3n) is 3.16. The maximum Gasteiger partial charge on any atom is 0.163 e. The molecule has 1 heterocycles. The van der Waals surface area contributed by atoms with E-state index >= 15 is 0 Å². The van der Waals surface area contributed by atoms with E-state index in [2.05, 4.69) is 21.0 Å². The van der Waals surface area contributed by atoms with Crippen LogP contribution in [0.15, 0.2) is 29.0 Å². The summed E-state index contributed by atoms with van der Waals surface area (Å²) in [5.41, 5.74) is 4.10. The van der Waals surface area contributed by atoms with Gasteiger partial charge in [-0.25, -0.2) is 0 Å². The average molecular weight is 321 g/mol. The fraction of sp³-hybridized carbons (Fsp3) is 0.333. The van der Waals surface area contributed by atoms with Crippen molar-refractivity contribution in [1.29, 1.82) is 0 Å². The van der Waals surface area contributed by atoms with Gasteiger partial charge in [0.15, 0.2) is 5.78 Å². The van der Waals surface area contributed by atoms with Crippen molar-refractivity contribution in [1.82, 2.24) is 9.78 Å². The van der Waals surface area contributed by atoms with Gasteiger partial charge in [-0.05, 0) is 49.1 Å². The monoisotopic (exact) mass is 320 g/mol. The molecule has 0 saturated carbocycles. The Balaban J connectivity index is 2.08. The molecular formula is C15H17BrN2O. The Kier molecular flexibility index (Phi) is 4.20. The van der Waals surface area contributed by atoms with Gasteiger partial charge in [-0.15, -0.1) is 0 Å². The standard InChI is InChI=1S/C15H17BrN2O/c1-10-6-13(7-11(2)15(10)16)14(19)5-4-12-8-17-18(3)9-12/h6-9H,4-5H2,1-3H3. The van der Waals surface area contributed by atoms with Gasteiger partial charge in [0.1, 0.15) is 0 Å². The Morgan fingerprint density at radius 2 is 1.95 bits per heavy atom. The molecule has 2 rings (SSSR count). The highest BCUT2D eigenvalue weighted by molar-refractivity contribution is 9.10. The molecule has 0 radical (unpaired) electrons. The van der Waals surface area contributed by atoms with Crippen LogP contribution in [0.2, 0.25) is 0 Å². The summed E-state index contributed by atoms with van der Waals surface area (Å²) in [5.74, 6) is 0.183. The summed E-state index contributed by atoms with van der Waals surface area (Å²) in [6.45, 7) is 4.02. The second-order valence-electron chi connectivity index (χ2n) is 4.87. The zero-order chi connectivity index (χ0) is 14.0. The summed E-state index contributed by atoms with van der Waals surface area (Å²) < 4.78 is 2.84. The lowest BCUT2D eigenvalue weighted by Crippen LogP contribution is -2.02. The van der Waals surface area contributed by atoms with Crippen LogP contribution in [-0.4, -0.2) is 15.6 Å². The molecule has 100 valence electrons. The number of hydrogen-bond donors (Lipinski definition) is 0.